The van der Waals surface area contributed by atoms with Crippen molar-refractivity contribution in [3.8, 4) is 0 Å². The van der Waals surface area contributed by atoms with E-state index in [9.17, 15) is 9.59 Å². The zero-order valence-electron chi connectivity index (χ0n) is 25.5. The van der Waals surface area contributed by atoms with Crippen LogP contribution in [0.2, 0.25) is 0 Å². The molecule has 1 heterocycles. The molecule has 4 aliphatic carbocycles. The summed E-state index contributed by atoms with van der Waals surface area (Å²) in [6.07, 6.45) is 20.4. The molecule has 6 heteroatoms. The largest absolute Gasteiger partial charge is 0.340 e. The number of hydrogen-bond donors (Lipinski definition) is 1. The molecule has 0 aromatic heterocycles. The third-order valence-corrected chi connectivity index (χ3v) is 10.6. The monoisotopic (exact) mass is 542 g/mol. The lowest BCUT2D eigenvalue weighted by molar-refractivity contribution is -0.133. The summed E-state index contributed by atoms with van der Waals surface area (Å²) in [5.74, 6) is 1.79. The zero-order chi connectivity index (χ0) is 27.7. The van der Waals surface area contributed by atoms with Crippen LogP contribution in [0.1, 0.15) is 117 Å². The van der Waals surface area contributed by atoms with Gasteiger partial charge in [-0.1, -0.05) is 90.2 Å². The fourth-order valence-electron chi connectivity index (χ4n) is 7.52. The number of carbonyl (C=O) groups excluding carboxylic acids is 2. The molecule has 222 valence electrons. The van der Waals surface area contributed by atoms with Crippen molar-refractivity contribution in [1.82, 2.24) is 20.0 Å². The Morgan fingerprint density at radius 3 is 2.33 bits per heavy atom. The third-order valence-electron chi connectivity index (χ3n) is 10.6. The summed E-state index contributed by atoms with van der Waals surface area (Å²) >= 11 is 0. The molecule has 5 rings (SSSR count). The topological polar surface area (TPSA) is 55.9 Å². The van der Waals surface area contributed by atoms with Gasteiger partial charge in [0.2, 0.25) is 5.91 Å². The molecule has 2 saturated carbocycles. The second-order valence-electron chi connectivity index (χ2n) is 13.6. The first-order chi connectivity index (χ1) is 18.9. The van der Waals surface area contributed by atoms with E-state index in [-0.39, 0.29) is 6.03 Å². The van der Waals surface area contributed by atoms with Crippen LogP contribution in [0.3, 0.4) is 0 Å². The van der Waals surface area contributed by atoms with Crippen molar-refractivity contribution in [1.29, 1.82) is 0 Å². The van der Waals surface area contributed by atoms with Gasteiger partial charge in [-0.15, -0.1) is 0 Å². The summed E-state index contributed by atoms with van der Waals surface area (Å²) in [5.41, 5.74) is 1.87. The highest BCUT2D eigenvalue weighted by atomic mass is 16.2. The number of piperazine rings is 1. The molecule has 6 nitrogen and oxygen atoms in total. The third kappa shape index (κ3) is 8.47. The number of allylic oxidation sites excluding steroid dienone is 1. The fraction of sp³-hybridized carbons (Fsp3) is 0.879. The number of nitrogens with zero attached hydrogens (tertiary/aromatic N) is 3. The quantitative estimate of drug-likeness (QED) is 0.199. The van der Waals surface area contributed by atoms with Crippen LogP contribution >= 0.6 is 0 Å². The second-order valence-corrected chi connectivity index (χ2v) is 13.6. The van der Waals surface area contributed by atoms with Crippen LogP contribution in [0.25, 0.3) is 0 Å². The normalized spacial score (nSPS) is 25.1. The highest BCUT2D eigenvalue weighted by Gasteiger charge is 2.51. The molecular formula is C33H58N4O2. The molecule has 0 radical (unpaired) electrons. The predicted molar refractivity (Wildman–Crippen MR) is 161 cm³/mol. The lowest BCUT2D eigenvalue weighted by atomic mass is 9.49. The van der Waals surface area contributed by atoms with Gasteiger partial charge in [-0.25, -0.2) is 4.79 Å². The molecule has 0 spiro atoms. The Morgan fingerprint density at radius 2 is 1.67 bits per heavy atom. The Balaban J connectivity index is 1.21. The lowest BCUT2D eigenvalue weighted by Gasteiger charge is -2.57. The van der Waals surface area contributed by atoms with Gasteiger partial charge in [-0.2, -0.15) is 0 Å². The number of fused-ring (bicyclic) bond motifs is 1. The Bertz CT molecular complexity index is 811. The average molecular weight is 543 g/mol. The molecule has 3 fully saturated rings. The van der Waals surface area contributed by atoms with Gasteiger partial charge in [0, 0.05) is 58.3 Å². The van der Waals surface area contributed by atoms with Crippen molar-refractivity contribution < 1.29 is 9.59 Å². The number of nitrogens with one attached hydrogen (secondary N) is 1. The first kappa shape index (κ1) is 30.4. The summed E-state index contributed by atoms with van der Waals surface area (Å²) in [7, 11) is 0. The number of carbonyl (C=O) groups is 2. The van der Waals surface area contributed by atoms with Crippen LogP contribution in [-0.2, 0) is 4.79 Å². The van der Waals surface area contributed by atoms with Crippen LogP contribution in [0.5, 0.6) is 0 Å². The summed E-state index contributed by atoms with van der Waals surface area (Å²) in [4.78, 5) is 32.9. The molecule has 2 bridgehead atoms. The van der Waals surface area contributed by atoms with Gasteiger partial charge in [0.25, 0.3) is 0 Å². The van der Waals surface area contributed by atoms with Crippen molar-refractivity contribution in [2.45, 2.75) is 123 Å². The van der Waals surface area contributed by atoms with Crippen LogP contribution in [-0.4, -0.2) is 78.5 Å². The van der Waals surface area contributed by atoms with E-state index in [0.717, 1.165) is 71.0 Å². The van der Waals surface area contributed by atoms with Gasteiger partial charge >= 0.3 is 6.03 Å². The molecule has 5 aliphatic rings. The molecule has 1 aliphatic heterocycles. The van der Waals surface area contributed by atoms with E-state index in [1.807, 2.05) is 0 Å². The molecule has 0 aromatic rings. The number of unbranched alkanes of at least 4 members (excludes halogenated alkanes) is 6. The molecule has 2 atom stereocenters. The van der Waals surface area contributed by atoms with E-state index in [2.05, 4.69) is 46.9 Å². The van der Waals surface area contributed by atoms with E-state index < -0.39 is 0 Å². The first-order valence-electron chi connectivity index (χ1n) is 16.6. The number of rotatable bonds is 14. The van der Waals surface area contributed by atoms with Crippen molar-refractivity contribution in [3.63, 3.8) is 0 Å². The van der Waals surface area contributed by atoms with Gasteiger partial charge < -0.3 is 15.1 Å². The number of urea groups is 1. The van der Waals surface area contributed by atoms with Crippen molar-refractivity contribution in [3.05, 3.63) is 11.6 Å². The smallest absolute Gasteiger partial charge is 0.317 e. The van der Waals surface area contributed by atoms with E-state index >= 15 is 0 Å². The first-order valence-corrected chi connectivity index (χ1v) is 16.6. The van der Waals surface area contributed by atoms with Crippen LogP contribution < -0.4 is 5.32 Å². The maximum Gasteiger partial charge on any atom is 0.317 e. The fourth-order valence-corrected chi connectivity index (χ4v) is 7.52. The van der Waals surface area contributed by atoms with Crippen LogP contribution in [0.4, 0.5) is 4.79 Å². The highest BCUT2D eigenvalue weighted by Crippen LogP contribution is 2.59. The second kappa shape index (κ2) is 14.9. The Kier molecular flexibility index (Phi) is 11.6. The van der Waals surface area contributed by atoms with E-state index in [4.69, 9.17) is 0 Å². The number of hydrogen-bond acceptors (Lipinski definition) is 3. The van der Waals surface area contributed by atoms with Gasteiger partial charge in [0.05, 0.1) is 0 Å². The Hall–Kier alpha value is -1.56. The van der Waals surface area contributed by atoms with E-state index in [0.29, 0.717) is 29.7 Å². The predicted octanol–water partition coefficient (Wildman–Crippen LogP) is 6.61. The van der Waals surface area contributed by atoms with Crippen LogP contribution in [0, 0.1) is 17.3 Å². The zero-order valence-corrected chi connectivity index (χ0v) is 25.5. The summed E-state index contributed by atoms with van der Waals surface area (Å²) < 4.78 is 0. The van der Waals surface area contributed by atoms with E-state index in [1.165, 1.54) is 76.2 Å². The van der Waals surface area contributed by atoms with Gasteiger partial charge in [-0.3, -0.25) is 9.69 Å². The summed E-state index contributed by atoms with van der Waals surface area (Å²) in [6.45, 7) is 13.0. The molecule has 1 saturated heterocycles. The summed E-state index contributed by atoms with van der Waals surface area (Å²) in [6, 6.07) is 0.468. The number of amides is 3. The lowest BCUT2D eigenvalue weighted by Crippen LogP contribution is -2.54. The van der Waals surface area contributed by atoms with Crippen LogP contribution in [0.15, 0.2) is 11.6 Å². The molecule has 1 N–H and O–H groups in total. The average Bonchev–Trinajstić information content (AvgIpc) is 2.95. The van der Waals surface area contributed by atoms with Gasteiger partial charge in [0.15, 0.2) is 0 Å². The van der Waals surface area contributed by atoms with Gasteiger partial charge in [0.1, 0.15) is 0 Å². The molecule has 39 heavy (non-hydrogen) atoms. The van der Waals surface area contributed by atoms with Crippen molar-refractivity contribution in [2.75, 3.05) is 45.8 Å². The molecule has 3 amide bonds. The minimum absolute atomic E-state index is 0.130. The van der Waals surface area contributed by atoms with Crippen molar-refractivity contribution >= 4 is 11.9 Å². The molecular weight excluding hydrogens is 484 g/mol. The summed E-state index contributed by atoms with van der Waals surface area (Å²) in [5, 5.41) is 3.39. The molecule has 0 aromatic carbocycles. The maximum atomic E-state index is 13.5. The standard InChI is InChI=1S/C33H58N4O2/c1-4-5-6-7-8-9-13-16-31(38)36-22-19-35(20-23-36)21-24-37(32(39)34-29-14-11-10-12-15-29)26-27-17-18-28-25-30(27)33(28,2)3/h17,28-30H,4-16,18-26H2,1-3H3,(H,34,39). The van der Waals surface area contributed by atoms with Crippen molar-refractivity contribution in [2.24, 2.45) is 17.3 Å². The minimum atomic E-state index is 0.130. The maximum absolute atomic E-state index is 13.5. The SMILES string of the molecule is CCCCCCCCCC(=O)N1CCN(CCN(CC2=CCC3CC2C3(C)C)C(=O)NC2CCCCC2)CC1. The minimum Gasteiger partial charge on any atom is -0.340 e. The highest BCUT2D eigenvalue weighted by molar-refractivity contribution is 5.76. The van der Waals surface area contributed by atoms with Gasteiger partial charge in [-0.05, 0) is 49.4 Å². The Morgan fingerprint density at radius 1 is 0.974 bits per heavy atom. The Labute approximate surface area is 239 Å². The van der Waals surface area contributed by atoms with E-state index in [1.54, 1.807) is 0 Å². The molecule has 2 unspecified atom stereocenters.